The fraction of sp³-hybridized carbons (Fsp3) is 0.167. The van der Waals surface area contributed by atoms with Gasteiger partial charge in [0.05, 0.1) is 12.1 Å². The van der Waals surface area contributed by atoms with E-state index in [1.54, 1.807) is 13.1 Å². The highest BCUT2D eigenvalue weighted by molar-refractivity contribution is 5.85. The van der Waals surface area contributed by atoms with Crippen molar-refractivity contribution in [3.05, 3.63) is 36.0 Å². The third-order valence-corrected chi connectivity index (χ3v) is 2.58. The molecule has 3 nitrogen and oxygen atoms in total. The van der Waals surface area contributed by atoms with Crippen LogP contribution in [0, 0.1) is 22.7 Å². The van der Waals surface area contributed by atoms with Gasteiger partial charge in [0.2, 0.25) is 0 Å². The SMILES string of the molecule is CC(C#N)(C#N)c1c[nH]c2ccccc12. The van der Waals surface area contributed by atoms with Crippen LogP contribution in [-0.4, -0.2) is 4.98 Å². The van der Waals surface area contributed by atoms with Crippen LogP contribution in [0.1, 0.15) is 12.5 Å². The number of para-hydroxylation sites is 1. The van der Waals surface area contributed by atoms with E-state index in [9.17, 15) is 0 Å². The van der Waals surface area contributed by atoms with E-state index in [0.29, 0.717) is 0 Å². The molecule has 0 unspecified atom stereocenters. The topological polar surface area (TPSA) is 63.4 Å². The van der Waals surface area contributed by atoms with Gasteiger partial charge in [-0.05, 0) is 13.0 Å². The van der Waals surface area contributed by atoms with E-state index in [-0.39, 0.29) is 0 Å². The van der Waals surface area contributed by atoms with Gasteiger partial charge in [-0.2, -0.15) is 10.5 Å². The number of hydrogen-bond donors (Lipinski definition) is 1. The number of hydrogen-bond acceptors (Lipinski definition) is 2. The highest BCUT2D eigenvalue weighted by atomic mass is 14.7. The van der Waals surface area contributed by atoms with Crippen molar-refractivity contribution in [2.75, 3.05) is 0 Å². The Balaban J connectivity index is 2.75. The van der Waals surface area contributed by atoms with E-state index in [1.807, 2.05) is 36.4 Å². The largest absolute Gasteiger partial charge is 0.361 e. The monoisotopic (exact) mass is 195 g/mol. The van der Waals surface area contributed by atoms with Crippen molar-refractivity contribution in [1.29, 1.82) is 10.5 Å². The summed E-state index contributed by atoms with van der Waals surface area (Å²) in [6.07, 6.45) is 1.73. The maximum Gasteiger partial charge on any atom is 0.167 e. The Bertz CT molecular complexity index is 567. The lowest BCUT2D eigenvalue weighted by atomic mass is 9.85. The van der Waals surface area contributed by atoms with Gasteiger partial charge < -0.3 is 4.98 Å². The molecule has 0 amide bonds. The van der Waals surface area contributed by atoms with Gasteiger partial charge in [-0.3, -0.25) is 0 Å². The summed E-state index contributed by atoms with van der Waals surface area (Å²) in [5.41, 5.74) is 0.604. The molecule has 0 saturated heterocycles. The first-order chi connectivity index (χ1) is 7.21. The molecule has 0 radical (unpaired) electrons. The minimum absolute atomic E-state index is 0.739. The molecule has 1 aromatic carbocycles. The van der Waals surface area contributed by atoms with Crippen molar-refractivity contribution in [1.82, 2.24) is 4.98 Å². The molecule has 0 atom stereocenters. The predicted octanol–water partition coefficient (Wildman–Crippen LogP) is 2.47. The van der Waals surface area contributed by atoms with E-state index in [1.165, 1.54) is 0 Å². The zero-order valence-corrected chi connectivity index (χ0v) is 8.28. The molecule has 72 valence electrons. The summed E-state index contributed by atoms with van der Waals surface area (Å²) in [7, 11) is 0. The fourth-order valence-corrected chi connectivity index (χ4v) is 1.63. The number of H-pyrrole nitrogens is 1. The second kappa shape index (κ2) is 3.15. The minimum Gasteiger partial charge on any atom is -0.361 e. The van der Waals surface area contributed by atoms with Crippen molar-refractivity contribution in [3.63, 3.8) is 0 Å². The predicted molar refractivity (Wildman–Crippen MR) is 56.9 cm³/mol. The van der Waals surface area contributed by atoms with Crippen LogP contribution in [0.15, 0.2) is 30.5 Å². The second-order valence-corrected chi connectivity index (χ2v) is 3.60. The van der Waals surface area contributed by atoms with Gasteiger partial charge in [0.1, 0.15) is 0 Å². The maximum atomic E-state index is 9.03. The third kappa shape index (κ3) is 1.26. The van der Waals surface area contributed by atoms with Crippen LogP contribution in [0.25, 0.3) is 10.9 Å². The molecule has 0 spiro atoms. The molecule has 2 aromatic rings. The normalized spacial score (nSPS) is 10.9. The van der Waals surface area contributed by atoms with Gasteiger partial charge in [0, 0.05) is 22.7 Å². The van der Waals surface area contributed by atoms with Crippen LogP contribution in [0.2, 0.25) is 0 Å². The van der Waals surface area contributed by atoms with Crippen LogP contribution >= 0.6 is 0 Å². The van der Waals surface area contributed by atoms with E-state index in [0.717, 1.165) is 16.5 Å². The number of aromatic amines is 1. The molecule has 0 saturated carbocycles. The zero-order valence-electron chi connectivity index (χ0n) is 8.28. The number of nitriles is 2. The van der Waals surface area contributed by atoms with Crippen molar-refractivity contribution < 1.29 is 0 Å². The van der Waals surface area contributed by atoms with Crippen LogP contribution in [-0.2, 0) is 5.41 Å². The lowest BCUT2D eigenvalue weighted by Gasteiger charge is -2.10. The molecular weight excluding hydrogens is 186 g/mol. The lowest BCUT2D eigenvalue weighted by Crippen LogP contribution is -2.15. The van der Waals surface area contributed by atoms with E-state index in [4.69, 9.17) is 10.5 Å². The summed E-state index contributed by atoms with van der Waals surface area (Å²) in [6.45, 7) is 1.63. The fourth-order valence-electron chi connectivity index (χ4n) is 1.63. The van der Waals surface area contributed by atoms with E-state index in [2.05, 4.69) is 4.98 Å². The number of aromatic nitrogens is 1. The third-order valence-electron chi connectivity index (χ3n) is 2.58. The van der Waals surface area contributed by atoms with Crippen molar-refractivity contribution in [2.45, 2.75) is 12.3 Å². The van der Waals surface area contributed by atoms with Crippen molar-refractivity contribution in [3.8, 4) is 12.1 Å². The molecule has 0 aliphatic rings. The Morgan fingerprint density at radius 3 is 2.53 bits per heavy atom. The first-order valence-electron chi connectivity index (χ1n) is 4.60. The van der Waals surface area contributed by atoms with Gasteiger partial charge >= 0.3 is 0 Å². The molecule has 1 aromatic heterocycles. The molecule has 0 aliphatic heterocycles. The summed E-state index contributed by atoms with van der Waals surface area (Å²) in [5, 5.41) is 19.0. The first kappa shape index (κ1) is 9.30. The van der Waals surface area contributed by atoms with E-state index >= 15 is 0 Å². The summed E-state index contributed by atoms with van der Waals surface area (Å²) < 4.78 is 0. The maximum absolute atomic E-state index is 9.03. The number of fused-ring (bicyclic) bond motifs is 1. The van der Waals surface area contributed by atoms with Crippen LogP contribution < -0.4 is 0 Å². The Labute approximate surface area is 87.6 Å². The Morgan fingerprint density at radius 1 is 1.20 bits per heavy atom. The minimum atomic E-state index is -1.08. The summed E-state index contributed by atoms with van der Waals surface area (Å²) in [5.74, 6) is 0. The molecule has 0 aliphatic carbocycles. The standard InChI is InChI=1S/C12H9N3/c1-12(7-13,8-14)10-6-15-11-5-3-2-4-9(10)11/h2-6,15H,1H3. The first-order valence-corrected chi connectivity index (χ1v) is 4.60. The number of benzene rings is 1. The van der Waals surface area contributed by atoms with Crippen LogP contribution in [0.5, 0.6) is 0 Å². The van der Waals surface area contributed by atoms with Crippen LogP contribution in [0.3, 0.4) is 0 Å². The molecule has 15 heavy (non-hydrogen) atoms. The molecule has 2 rings (SSSR count). The molecule has 0 fully saturated rings. The van der Waals surface area contributed by atoms with Crippen molar-refractivity contribution >= 4 is 10.9 Å². The Morgan fingerprint density at radius 2 is 1.87 bits per heavy atom. The molecule has 0 bridgehead atoms. The quantitative estimate of drug-likeness (QED) is 0.759. The number of nitrogens with one attached hydrogen (secondary N) is 1. The average Bonchev–Trinajstić information content (AvgIpc) is 2.72. The lowest BCUT2D eigenvalue weighted by molar-refractivity contribution is 0.800. The number of rotatable bonds is 1. The molecule has 1 N–H and O–H groups in total. The molecule has 1 heterocycles. The highest BCUT2D eigenvalue weighted by Gasteiger charge is 2.28. The summed E-state index contributed by atoms with van der Waals surface area (Å²) >= 11 is 0. The summed E-state index contributed by atoms with van der Waals surface area (Å²) in [4.78, 5) is 3.06. The Hall–Kier alpha value is -2.26. The van der Waals surface area contributed by atoms with E-state index < -0.39 is 5.41 Å². The van der Waals surface area contributed by atoms with Gasteiger partial charge in [-0.15, -0.1) is 0 Å². The Kier molecular flexibility index (Phi) is 1.95. The second-order valence-electron chi connectivity index (χ2n) is 3.60. The molecule has 3 heteroatoms. The zero-order chi connectivity index (χ0) is 10.9. The highest BCUT2D eigenvalue weighted by Crippen LogP contribution is 2.29. The molecular formula is C12H9N3. The number of nitrogens with zero attached hydrogens (tertiary/aromatic N) is 2. The van der Waals surface area contributed by atoms with Crippen molar-refractivity contribution in [2.24, 2.45) is 0 Å². The smallest absolute Gasteiger partial charge is 0.167 e. The van der Waals surface area contributed by atoms with Gasteiger partial charge in [0.25, 0.3) is 0 Å². The van der Waals surface area contributed by atoms with Gasteiger partial charge in [0.15, 0.2) is 5.41 Å². The summed E-state index contributed by atoms with van der Waals surface area (Å²) in [6, 6.07) is 11.7. The average molecular weight is 195 g/mol. The van der Waals surface area contributed by atoms with Gasteiger partial charge in [-0.1, -0.05) is 18.2 Å². The van der Waals surface area contributed by atoms with Crippen LogP contribution in [0.4, 0.5) is 0 Å². The van der Waals surface area contributed by atoms with Gasteiger partial charge in [-0.25, -0.2) is 0 Å².